The van der Waals surface area contributed by atoms with E-state index < -0.39 is 71.1 Å². The Balaban J connectivity index is 0.000000263. The number of hydrogen-bond acceptors (Lipinski definition) is 15. The highest BCUT2D eigenvalue weighted by Gasteiger charge is 2.42. The molecule has 0 spiro atoms. The molecule has 6 amide bonds. The Kier molecular flexibility index (Phi) is 30.2. The Labute approximate surface area is 604 Å². The molecule has 2 atom stereocenters. The lowest BCUT2D eigenvalue weighted by Gasteiger charge is -2.41. The fraction of sp³-hybridized carbons (Fsp3) is 0.658. The third-order valence-electron chi connectivity index (χ3n) is 21.0. The molecule has 3 aromatic carbocycles. The van der Waals surface area contributed by atoms with Gasteiger partial charge < -0.3 is 70.0 Å². The largest absolute Gasteiger partial charge is 0.466 e. The number of rotatable bonds is 25. The van der Waals surface area contributed by atoms with E-state index in [-0.39, 0.29) is 71.1 Å². The SMILES string of the molecule is CCCCCCOC(=O)CCN1CCC(C2CCN(C(=O)[C@@H](Cc3cc(Cl)c(N)c(C(F)(F)F)c3)OC(=O)N(CC)CC)CC2)CC1.CCOC(=O)CCN1CCC(C2CCN(C(=O)[C@@H](Cc3cc(Cl)c(N)c(C(F)(F)F)c3)OC(=O)N3CCC(N4Cc5ccccc5NC4=O)CC3)CC2)CC1. The molecule has 0 aromatic heterocycles. The summed E-state index contributed by atoms with van der Waals surface area (Å²) in [5, 5.41) is 2.34. The number of hydrogen-bond donors (Lipinski definition) is 3. The fourth-order valence-corrected chi connectivity index (χ4v) is 15.5. The van der Waals surface area contributed by atoms with Crippen LogP contribution in [-0.2, 0) is 69.9 Å². The predicted octanol–water partition coefficient (Wildman–Crippen LogP) is 13.2. The van der Waals surface area contributed by atoms with E-state index in [4.69, 9.17) is 53.6 Å². The van der Waals surface area contributed by atoms with Gasteiger partial charge in [0.15, 0.2) is 12.2 Å². The minimum Gasteiger partial charge on any atom is -0.466 e. The van der Waals surface area contributed by atoms with Crippen LogP contribution in [0, 0.1) is 23.7 Å². The van der Waals surface area contributed by atoms with Crippen LogP contribution in [0.3, 0.4) is 0 Å². The number of carbonyl (C=O) groups excluding carboxylic acids is 7. The molecule has 0 radical (unpaired) electrons. The quantitative estimate of drug-likeness (QED) is 0.0235. The van der Waals surface area contributed by atoms with Gasteiger partial charge in [-0.05, 0) is 188 Å². The second kappa shape index (κ2) is 38.2. The number of esters is 2. The van der Waals surface area contributed by atoms with Crippen LogP contribution < -0.4 is 16.8 Å². The molecular formula is C73H102Cl2F6N10O11. The normalized spacial score (nSPS) is 18.7. The Morgan fingerprint density at radius 3 is 1.47 bits per heavy atom. The van der Waals surface area contributed by atoms with Gasteiger partial charge in [-0.3, -0.25) is 19.2 Å². The van der Waals surface area contributed by atoms with E-state index in [1.54, 1.807) is 35.5 Å². The zero-order valence-corrected chi connectivity index (χ0v) is 60.7. The third kappa shape index (κ3) is 22.8. The average Bonchev–Trinajstić information content (AvgIpc) is 0.810. The van der Waals surface area contributed by atoms with E-state index in [1.807, 2.05) is 24.3 Å². The number of nitrogens with zero attached hydrogens (tertiary/aromatic N) is 7. The molecule has 5 N–H and O–H groups in total. The van der Waals surface area contributed by atoms with Crippen molar-refractivity contribution >= 4 is 82.2 Å². The van der Waals surface area contributed by atoms with Crippen molar-refractivity contribution in [1.29, 1.82) is 0 Å². The number of unbranched alkanes of at least 4 members (excludes halogenated alkanes) is 3. The average molecular weight is 1480 g/mol. The van der Waals surface area contributed by atoms with E-state index >= 15 is 0 Å². The Morgan fingerprint density at radius 2 is 1.02 bits per heavy atom. The number of amides is 6. The number of nitrogen functional groups attached to an aromatic ring is 2. The van der Waals surface area contributed by atoms with E-state index in [2.05, 4.69) is 22.0 Å². The molecule has 0 aliphatic carbocycles. The molecule has 102 heavy (non-hydrogen) atoms. The van der Waals surface area contributed by atoms with E-state index in [0.29, 0.717) is 121 Å². The maximum Gasteiger partial charge on any atom is 0.418 e. The summed E-state index contributed by atoms with van der Waals surface area (Å²) in [6.07, 6.45) is -1.06. The molecule has 0 unspecified atom stereocenters. The standard InChI is InChI=1S/C39H50ClF3N6O6.C34H52ClF3N4O5/c1-2-54-34(50)13-16-46-14-7-26(8-15-46)27-9-17-47(18-10-27)36(51)33(23-25-21-30(39(41,42)43)35(44)31(40)22-25)55-38(53)48-19-11-29(12-20-48)49-24-28-5-3-4-6-32(28)45-37(49)52;1-4-7-8-9-20-46-30(43)14-17-40-15-10-25(11-16-40)26-12-18-42(19-13-26)32(44)29(47-33(45)41(5-2)6-3)23-24-21-27(34(36,37)38)31(39)28(35)22-24/h3-6,21-22,26-27,29,33H,2,7-20,23-24,44H2,1H3,(H,45,52);21-22,25-26,29H,4-20,23,39H2,1-3H3/t33-;29-/m11/s1. The number of ether oxygens (including phenoxy) is 4. The summed E-state index contributed by atoms with van der Waals surface area (Å²) in [5.41, 5.74) is 9.80. The number of nitrogens with two attached hydrogens (primary N) is 2. The number of alkyl halides is 6. The van der Waals surface area contributed by atoms with Crippen molar-refractivity contribution < 1.29 is 78.9 Å². The van der Waals surface area contributed by atoms with Crippen molar-refractivity contribution in [3.63, 3.8) is 0 Å². The molecule has 5 saturated heterocycles. The van der Waals surface area contributed by atoms with Gasteiger partial charge in [-0.15, -0.1) is 0 Å². The summed E-state index contributed by atoms with van der Waals surface area (Å²) in [7, 11) is 0. The molecule has 6 heterocycles. The van der Waals surface area contributed by atoms with Crippen LogP contribution in [0.2, 0.25) is 10.0 Å². The number of piperidine rings is 5. The molecule has 0 bridgehead atoms. The Hall–Kier alpha value is -6.97. The zero-order valence-electron chi connectivity index (χ0n) is 59.2. The van der Waals surface area contributed by atoms with Crippen LogP contribution >= 0.6 is 23.2 Å². The van der Waals surface area contributed by atoms with Crippen molar-refractivity contribution in [2.75, 3.05) is 122 Å². The second-order valence-electron chi connectivity index (χ2n) is 27.6. The Morgan fingerprint density at radius 1 is 0.578 bits per heavy atom. The lowest BCUT2D eigenvalue weighted by atomic mass is 9.78. The maximum absolute atomic E-state index is 14.1. The Bertz CT molecular complexity index is 3290. The van der Waals surface area contributed by atoms with E-state index in [9.17, 15) is 59.9 Å². The molecular weight excluding hydrogens is 1380 g/mol. The first-order chi connectivity index (χ1) is 48.7. The third-order valence-corrected chi connectivity index (χ3v) is 21.7. The number of para-hydroxylation sites is 1. The molecule has 21 nitrogen and oxygen atoms in total. The highest BCUT2D eigenvalue weighted by molar-refractivity contribution is 6.33. The zero-order chi connectivity index (χ0) is 73.8. The van der Waals surface area contributed by atoms with Crippen LogP contribution in [0.4, 0.5) is 57.8 Å². The molecule has 0 saturated carbocycles. The summed E-state index contributed by atoms with van der Waals surface area (Å²) in [4.78, 5) is 104. The summed E-state index contributed by atoms with van der Waals surface area (Å²) >= 11 is 12.2. The first-order valence-corrected chi connectivity index (χ1v) is 37.1. The van der Waals surface area contributed by atoms with Crippen molar-refractivity contribution in [2.24, 2.45) is 23.7 Å². The van der Waals surface area contributed by atoms with Crippen molar-refractivity contribution in [2.45, 2.75) is 180 Å². The van der Waals surface area contributed by atoms with Gasteiger partial charge in [-0.2, -0.15) is 26.3 Å². The molecule has 3 aromatic rings. The van der Waals surface area contributed by atoms with Crippen LogP contribution in [0.5, 0.6) is 0 Å². The van der Waals surface area contributed by atoms with E-state index in [0.717, 1.165) is 127 Å². The number of likely N-dealkylation sites (tertiary alicyclic amines) is 5. The molecule has 9 rings (SSSR count). The van der Waals surface area contributed by atoms with Crippen LogP contribution in [0.1, 0.15) is 158 Å². The summed E-state index contributed by atoms with van der Waals surface area (Å²) < 4.78 is 104. The highest BCUT2D eigenvalue weighted by Crippen LogP contribution is 2.41. The predicted molar refractivity (Wildman–Crippen MR) is 376 cm³/mol. The fourth-order valence-electron chi connectivity index (χ4n) is 15.0. The van der Waals surface area contributed by atoms with Gasteiger partial charge >= 0.3 is 42.5 Å². The van der Waals surface area contributed by atoms with Crippen molar-refractivity contribution in [3.05, 3.63) is 86.4 Å². The van der Waals surface area contributed by atoms with Gasteiger partial charge in [0.05, 0.1) is 58.6 Å². The molecule has 6 aliphatic rings. The molecule has 5 fully saturated rings. The lowest BCUT2D eigenvalue weighted by Crippen LogP contribution is -2.52. The van der Waals surface area contributed by atoms with E-state index in [1.165, 1.54) is 21.9 Å². The first-order valence-electron chi connectivity index (χ1n) is 36.4. The molecule has 6 aliphatic heterocycles. The number of halogens is 8. The number of anilines is 3. The molecule has 29 heteroatoms. The van der Waals surface area contributed by atoms with Crippen LogP contribution in [0.15, 0.2) is 48.5 Å². The number of carbonyl (C=O) groups is 7. The van der Waals surface area contributed by atoms with Crippen LogP contribution in [0.25, 0.3) is 0 Å². The number of benzene rings is 3. The van der Waals surface area contributed by atoms with Gasteiger partial charge in [0.1, 0.15) is 0 Å². The lowest BCUT2D eigenvalue weighted by molar-refractivity contribution is -0.145. The number of nitrogens with one attached hydrogen (secondary N) is 1. The van der Waals surface area contributed by atoms with Crippen molar-refractivity contribution in [1.82, 2.24) is 34.3 Å². The van der Waals surface area contributed by atoms with Gasteiger partial charge in [-0.1, -0.05) is 67.6 Å². The topological polar surface area (TPSA) is 243 Å². The summed E-state index contributed by atoms with van der Waals surface area (Å²) in [6, 6.07) is 11.5. The molecule has 566 valence electrons. The van der Waals surface area contributed by atoms with Crippen LogP contribution in [-0.4, -0.2) is 199 Å². The van der Waals surface area contributed by atoms with Gasteiger partial charge in [0.2, 0.25) is 0 Å². The number of fused-ring (bicyclic) bond motifs is 1. The smallest absolute Gasteiger partial charge is 0.418 e. The van der Waals surface area contributed by atoms with Gasteiger partial charge in [-0.25, -0.2) is 14.4 Å². The summed E-state index contributed by atoms with van der Waals surface area (Å²) in [5.74, 6) is 0.611. The highest BCUT2D eigenvalue weighted by atomic mass is 35.5. The van der Waals surface area contributed by atoms with Crippen molar-refractivity contribution in [3.8, 4) is 0 Å². The van der Waals surface area contributed by atoms with Gasteiger partial charge in [0, 0.05) is 96.6 Å². The minimum atomic E-state index is -4.78. The minimum absolute atomic E-state index is 0.0670. The number of urea groups is 1. The van der Waals surface area contributed by atoms with Gasteiger partial charge in [0.25, 0.3) is 11.8 Å². The monoisotopic (exact) mass is 1480 g/mol. The summed E-state index contributed by atoms with van der Waals surface area (Å²) in [6.45, 7) is 16.9. The second-order valence-corrected chi connectivity index (χ2v) is 28.4. The maximum atomic E-state index is 14.1. The first kappa shape index (κ1) is 80.7.